The Morgan fingerprint density at radius 1 is 1.34 bits per heavy atom. The van der Waals surface area contributed by atoms with E-state index in [9.17, 15) is 9.59 Å². The predicted molar refractivity (Wildman–Crippen MR) is 123 cm³/mol. The molecular formula is C23H30ClN5O3. The number of pyridine rings is 1. The van der Waals surface area contributed by atoms with Crippen molar-refractivity contribution in [1.82, 2.24) is 20.1 Å². The van der Waals surface area contributed by atoms with Gasteiger partial charge >= 0.3 is 0 Å². The lowest BCUT2D eigenvalue weighted by Crippen LogP contribution is -2.58. The largest absolute Gasteiger partial charge is 0.495 e. The molecule has 2 aromatic rings. The van der Waals surface area contributed by atoms with E-state index in [0.717, 1.165) is 16.7 Å². The summed E-state index contributed by atoms with van der Waals surface area (Å²) in [6, 6.07) is 2.03. The molecule has 0 unspecified atom stereocenters. The number of hydrogen-bond acceptors (Lipinski definition) is 6. The number of fused-ring (bicyclic) bond motifs is 2. The number of aromatic nitrogens is 3. The van der Waals surface area contributed by atoms with Crippen LogP contribution in [-0.2, 0) is 17.9 Å². The second-order valence-electron chi connectivity index (χ2n) is 9.51. The number of carbonyl (C=O) groups is 1. The highest BCUT2D eigenvalue weighted by Gasteiger charge is 2.56. The lowest BCUT2D eigenvalue weighted by Gasteiger charge is -2.62. The summed E-state index contributed by atoms with van der Waals surface area (Å²) in [5.41, 5.74) is 1.22. The number of anilines is 1. The van der Waals surface area contributed by atoms with Crippen LogP contribution in [0, 0.1) is 23.2 Å². The first kappa shape index (κ1) is 22.6. The zero-order valence-electron chi connectivity index (χ0n) is 18.9. The Morgan fingerprint density at radius 3 is 2.81 bits per heavy atom. The van der Waals surface area contributed by atoms with Crippen LogP contribution in [0.3, 0.4) is 0 Å². The van der Waals surface area contributed by atoms with Crippen LogP contribution in [-0.4, -0.2) is 33.8 Å². The monoisotopic (exact) mass is 459 g/mol. The zero-order valence-corrected chi connectivity index (χ0v) is 19.6. The van der Waals surface area contributed by atoms with Crippen molar-refractivity contribution < 1.29 is 9.53 Å². The van der Waals surface area contributed by atoms with Crippen LogP contribution < -0.4 is 20.9 Å². The van der Waals surface area contributed by atoms with Gasteiger partial charge in [-0.3, -0.25) is 14.6 Å². The molecule has 2 N–H and O–H groups in total. The molecule has 1 amide bonds. The normalized spacial score (nSPS) is 25.5. The third kappa shape index (κ3) is 4.08. The molecule has 0 aromatic carbocycles. The second kappa shape index (κ2) is 8.73. The van der Waals surface area contributed by atoms with Crippen molar-refractivity contribution in [3.63, 3.8) is 0 Å². The molecule has 9 heteroatoms. The standard InChI is InChI=1S/C23H30ClN5O3/c1-13-16-7-15(23(16,2)3)8-17(13)28-18-10-27-29(22(31)21(18)24)12-20(30)26-9-14-5-6-25-11-19(14)32-4/h5-6,10-11,13,15-17,28H,7-9,12H2,1-4H3,(H,26,30)/t13-,15+,16-,17-/m1/s1. The molecule has 2 heterocycles. The van der Waals surface area contributed by atoms with Gasteiger partial charge in [0.25, 0.3) is 5.56 Å². The summed E-state index contributed by atoms with van der Waals surface area (Å²) < 4.78 is 6.31. The fraction of sp³-hybridized carbons (Fsp3) is 0.565. The van der Waals surface area contributed by atoms with Gasteiger partial charge < -0.3 is 15.4 Å². The number of rotatable bonds is 7. The van der Waals surface area contributed by atoms with Crippen molar-refractivity contribution in [3.8, 4) is 5.75 Å². The number of nitrogens with one attached hydrogen (secondary N) is 2. The van der Waals surface area contributed by atoms with Gasteiger partial charge in [0, 0.05) is 24.3 Å². The Balaban J connectivity index is 1.39. The van der Waals surface area contributed by atoms with Crippen LogP contribution in [0.25, 0.3) is 0 Å². The lowest BCUT2D eigenvalue weighted by molar-refractivity contribution is -0.122. The Morgan fingerprint density at radius 2 is 2.12 bits per heavy atom. The molecule has 3 aliphatic rings. The predicted octanol–water partition coefficient (Wildman–Crippen LogP) is 3.10. The molecule has 3 saturated carbocycles. The molecule has 2 aromatic heterocycles. The molecular weight excluding hydrogens is 430 g/mol. The number of ether oxygens (including phenoxy) is 1. The minimum Gasteiger partial charge on any atom is -0.495 e. The Labute approximate surface area is 192 Å². The number of hydrogen-bond donors (Lipinski definition) is 2. The summed E-state index contributed by atoms with van der Waals surface area (Å²) in [5, 5.41) is 10.5. The highest BCUT2D eigenvalue weighted by molar-refractivity contribution is 6.32. The summed E-state index contributed by atoms with van der Waals surface area (Å²) in [6.45, 7) is 7.01. The Hall–Kier alpha value is -2.61. The number of methoxy groups -OCH3 is 1. The molecule has 3 aliphatic carbocycles. The van der Waals surface area contributed by atoms with E-state index in [0.29, 0.717) is 34.6 Å². The van der Waals surface area contributed by atoms with E-state index in [1.54, 1.807) is 31.8 Å². The summed E-state index contributed by atoms with van der Waals surface area (Å²) >= 11 is 6.37. The van der Waals surface area contributed by atoms with E-state index < -0.39 is 5.56 Å². The van der Waals surface area contributed by atoms with Crippen LogP contribution in [0.1, 0.15) is 39.2 Å². The lowest BCUT2D eigenvalue weighted by atomic mass is 9.45. The third-order valence-electron chi connectivity index (χ3n) is 7.54. The van der Waals surface area contributed by atoms with Gasteiger partial charge in [0.2, 0.25) is 5.91 Å². The van der Waals surface area contributed by atoms with Crippen molar-refractivity contribution in [3.05, 3.63) is 45.6 Å². The van der Waals surface area contributed by atoms with Gasteiger partial charge in [0.15, 0.2) is 0 Å². The second-order valence-corrected chi connectivity index (χ2v) is 9.88. The average molecular weight is 460 g/mol. The summed E-state index contributed by atoms with van der Waals surface area (Å²) in [4.78, 5) is 29.1. The maximum atomic E-state index is 12.7. The van der Waals surface area contributed by atoms with Gasteiger partial charge in [-0.25, -0.2) is 4.68 Å². The number of amides is 1. The third-order valence-corrected chi connectivity index (χ3v) is 7.90. The number of nitrogens with zero attached hydrogens (tertiary/aromatic N) is 3. The van der Waals surface area contributed by atoms with Gasteiger partial charge in [-0.05, 0) is 42.1 Å². The van der Waals surface area contributed by atoms with Gasteiger partial charge in [-0.15, -0.1) is 0 Å². The number of carbonyl (C=O) groups excluding carboxylic acids is 1. The van der Waals surface area contributed by atoms with Crippen LogP contribution in [0.5, 0.6) is 5.75 Å². The van der Waals surface area contributed by atoms with Crippen molar-refractivity contribution in [2.75, 3.05) is 12.4 Å². The van der Waals surface area contributed by atoms with E-state index in [2.05, 4.69) is 41.5 Å². The van der Waals surface area contributed by atoms with Gasteiger partial charge in [0.1, 0.15) is 17.3 Å². The van der Waals surface area contributed by atoms with E-state index in [1.807, 2.05) is 0 Å². The van der Waals surface area contributed by atoms with Crippen LogP contribution in [0.2, 0.25) is 5.02 Å². The molecule has 172 valence electrons. The SMILES string of the molecule is COc1cnccc1CNC(=O)Cn1ncc(N[C@@H]2C[C@@H]3C[C@H]([C@H]2C)C3(C)C)c(Cl)c1=O. The Kier molecular flexibility index (Phi) is 6.16. The maximum absolute atomic E-state index is 12.7. The minimum absolute atomic E-state index is 0.0642. The fourth-order valence-electron chi connectivity index (χ4n) is 5.34. The van der Waals surface area contributed by atoms with Crippen LogP contribution >= 0.6 is 11.6 Å². The van der Waals surface area contributed by atoms with Crippen molar-refractivity contribution >= 4 is 23.2 Å². The summed E-state index contributed by atoms with van der Waals surface area (Å²) in [7, 11) is 1.54. The van der Waals surface area contributed by atoms with Gasteiger partial charge in [-0.2, -0.15) is 5.10 Å². The fourth-order valence-corrected chi connectivity index (χ4v) is 5.54. The van der Waals surface area contributed by atoms with E-state index in [4.69, 9.17) is 16.3 Å². The molecule has 2 bridgehead atoms. The topological polar surface area (TPSA) is 98.1 Å². The molecule has 3 fully saturated rings. The van der Waals surface area contributed by atoms with Crippen LogP contribution in [0.15, 0.2) is 29.5 Å². The van der Waals surface area contributed by atoms with Crippen molar-refractivity contribution in [2.45, 2.75) is 52.7 Å². The first-order valence-electron chi connectivity index (χ1n) is 11.0. The molecule has 0 aliphatic heterocycles. The van der Waals surface area contributed by atoms with Crippen LogP contribution in [0.4, 0.5) is 5.69 Å². The molecule has 0 saturated heterocycles. The summed E-state index contributed by atoms with van der Waals surface area (Å²) in [6.07, 6.45) is 7.09. The van der Waals surface area contributed by atoms with E-state index >= 15 is 0 Å². The molecule has 0 spiro atoms. The van der Waals surface area contributed by atoms with E-state index in [1.165, 1.54) is 6.42 Å². The van der Waals surface area contributed by atoms with Gasteiger partial charge in [0.05, 0.1) is 25.2 Å². The smallest absolute Gasteiger partial charge is 0.288 e. The average Bonchev–Trinajstić information content (AvgIpc) is 2.78. The molecule has 8 nitrogen and oxygen atoms in total. The van der Waals surface area contributed by atoms with Crippen molar-refractivity contribution in [1.29, 1.82) is 0 Å². The minimum atomic E-state index is -0.484. The van der Waals surface area contributed by atoms with Gasteiger partial charge in [-0.1, -0.05) is 32.4 Å². The summed E-state index contributed by atoms with van der Waals surface area (Å²) in [5.74, 6) is 2.09. The zero-order chi connectivity index (χ0) is 23.0. The molecule has 32 heavy (non-hydrogen) atoms. The highest BCUT2D eigenvalue weighted by atomic mass is 35.5. The number of halogens is 1. The highest BCUT2D eigenvalue weighted by Crippen LogP contribution is 2.61. The van der Waals surface area contributed by atoms with Crippen molar-refractivity contribution in [2.24, 2.45) is 23.2 Å². The Bertz CT molecular complexity index is 1070. The quantitative estimate of drug-likeness (QED) is 0.660. The molecule has 0 radical (unpaired) electrons. The first-order valence-corrected chi connectivity index (χ1v) is 11.4. The maximum Gasteiger partial charge on any atom is 0.288 e. The van der Waals surface area contributed by atoms with E-state index in [-0.39, 0.29) is 30.1 Å². The molecule has 4 atom stereocenters. The first-order chi connectivity index (χ1) is 15.2. The molecule has 5 rings (SSSR count).